The maximum Gasteiger partial charge on any atom is 0.258 e. The van der Waals surface area contributed by atoms with Crippen molar-refractivity contribution in [1.29, 1.82) is 0 Å². The number of rotatable bonds is 4. The van der Waals surface area contributed by atoms with E-state index in [1.54, 1.807) is 6.20 Å². The quantitative estimate of drug-likeness (QED) is 0.931. The number of carbonyl (C=O) groups is 1. The Morgan fingerprint density at radius 1 is 1.08 bits per heavy atom. The molecule has 0 aliphatic heterocycles. The molecule has 5 heteroatoms. The molecule has 1 aromatic carbocycles. The number of hydrogen-bond donors (Lipinski definition) is 1. The van der Waals surface area contributed by atoms with Crippen molar-refractivity contribution in [3.05, 3.63) is 30.5 Å². The monoisotopic (exact) mass is 337 g/mol. The number of nitrogens with one attached hydrogen (secondary N) is 1. The Balaban J connectivity index is 1.23. The van der Waals surface area contributed by atoms with Crippen LogP contribution in [0.5, 0.6) is 5.88 Å². The van der Waals surface area contributed by atoms with Crippen LogP contribution < -0.4 is 10.1 Å². The Morgan fingerprint density at radius 2 is 1.72 bits per heavy atom. The molecule has 4 aliphatic carbocycles. The lowest BCUT2D eigenvalue weighted by molar-refractivity contribution is -0.128. The van der Waals surface area contributed by atoms with Crippen LogP contribution in [-0.2, 0) is 4.79 Å². The van der Waals surface area contributed by atoms with Crippen molar-refractivity contribution in [2.75, 3.05) is 6.61 Å². The summed E-state index contributed by atoms with van der Waals surface area (Å²) < 4.78 is 5.60. The first kappa shape index (κ1) is 15.1. The molecule has 0 atom stereocenters. The van der Waals surface area contributed by atoms with Gasteiger partial charge in [0.15, 0.2) is 6.61 Å². The first-order chi connectivity index (χ1) is 12.2. The Morgan fingerprint density at radius 3 is 2.40 bits per heavy atom. The van der Waals surface area contributed by atoms with Crippen molar-refractivity contribution < 1.29 is 9.53 Å². The fourth-order valence-electron chi connectivity index (χ4n) is 5.74. The van der Waals surface area contributed by atoms with Gasteiger partial charge in [-0.2, -0.15) is 0 Å². The fraction of sp³-hybridized carbons (Fsp3) is 0.550. The van der Waals surface area contributed by atoms with E-state index in [0.29, 0.717) is 5.88 Å². The third kappa shape index (κ3) is 2.86. The molecule has 130 valence electrons. The van der Waals surface area contributed by atoms with Crippen LogP contribution in [0.25, 0.3) is 11.0 Å². The first-order valence-corrected chi connectivity index (χ1v) is 9.33. The molecular formula is C20H23N3O2. The number of hydrogen-bond acceptors (Lipinski definition) is 4. The molecule has 0 spiro atoms. The molecule has 1 amide bonds. The Bertz CT molecular complexity index is 784. The molecule has 0 radical (unpaired) electrons. The Kier molecular flexibility index (Phi) is 3.43. The average molecular weight is 337 g/mol. The molecule has 25 heavy (non-hydrogen) atoms. The second-order valence-corrected chi connectivity index (χ2v) is 8.23. The minimum atomic E-state index is -0.0306. The second-order valence-electron chi connectivity index (χ2n) is 8.23. The van der Waals surface area contributed by atoms with Gasteiger partial charge in [-0.25, -0.2) is 9.97 Å². The lowest BCUT2D eigenvalue weighted by Gasteiger charge is -2.56. The number of para-hydroxylation sites is 2. The van der Waals surface area contributed by atoms with Crippen molar-refractivity contribution in [3.8, 4) is 5.88 Å². The SMILES string of the molecule is O=C(COc1cnc2ccccc2n1)NC12CC3CC(CC(C3)C1)C2. The average Bonchev–Trinajstić information content (AvgIpc) is 2.58. The minimum absolute atomic E-state index is 0.00870. The number of carbonyl (C=O) groups excluding carboxylic acids is 1. The van der Waals surface area contributed by atoms with Crippen molar-refractivity contribution in [2.45, 2.75) is 44.1 Å². The van der Waals surface area contributed by atoms with E-state index in [-0.39, 0.29) is 18.1 Å². The zero-order valence-corrected chi connectivity index (χ0v) is 14.3. The molecule has 5 nitrogen and oxygen atoms in total. The summed E-state index contributed by atoms with van der Waals surface area (Å²) in [6.45, 7) is 0.00870. The van der Waals surface area contributed by atoms with E-state index in [9.17, 15) is 4.79 Å². The van der Waals surface area contributed by atoms with Crippen molar-refractivity contribution in [1.82, 2.24) is 15.3 Å². The van der Waals surface area contributed by atoms with Gasteiger partial charge in [0, 0.05) is 5.54 Å². The highest BCUT2D eigenvalue weighted by molar-refractivity contribution is 5.78. The van der Waals surface area contributed by atoms with Crippen LogP contribution in [0.4, 0.5) is 0 Å². The fourth-order valence-corrected chi connectivity index (χ4v) is 5.74. The molecule has 4 saturated carbocycles. The van der Waals surface area contributed by atoms with Crippen LogP contribution in [0.3, 0.4) is 0 Å². The molecule has 6 rings (SSSR count). The number of fused-ring (bicyclic) bond motifs is 1. The van der Waals surface area contributed by atoms with Crippen molar-refractivity contribution in [2.24, 2.45) is 17.8 Å². The first-order valence-electron chi connectivity index (χ1n) is 9.33. The molecule has 0 saturated heterocycles. The Hall–Kier alpha value is -2.17. The van der Waals surface area contributed by atoms with Gasteiger partial charge in [0.25, 0.3) is 5.91 Å². The summed E-state index contributed by atoms with van der Waals surface area (Å²) in [6, 6.07) is 7.65. The van der Waals surface area contributed by atoms with Gasteiger partial charge in [0.05, 0.1) is 17.2 Å². The number of nitrogens with zero attached hydrogens (tertiary/aromatic N) is 2. The van der Waals surface area contributed by atoms with Gasteiger partial charge in [-0.15, -0.1) is 0 Å². The summed E-state index contributed by atoms with van der Waals surface area (Å²) in [4.78, 5) is 21.2. The van der Waals surface area contributed by atoms with E-state index in [0.717, 1.165) is 48.0 Å². The van der Waals surface area contributed by atoms with Gasteiger partial charge in [-0.05, 0) is 68.4 Å². The number of aromatic nitrogens is 2. The highest BCUT2D eigenvalue weighted by Gasteiger charge is 2.51. The zero-order valence-electron chi connectivity index (χ0n) is 14.3. The highest BCUT2D eigenvalue weighted by Crippen LogP contribution is 2.55. The van der Waals surface area contributed by atoms with Crippen LogP contribution in [0, 0.1) is 17.8 Å². The van der Waals surface area contributed by atoms with Crippen LogP contribution in [0.1, 0.15) is 38.5 Å². The maximum absolute atomic E-state index is 12.5. The number of ether oxygens (including phenoxy) is 1. The normalized spacial score (nSPS) is 32.7. The van der Waals surface area contributed by atoms with Crippen LogP contribution >= 0.6 is 0 Å². The van der Waals surface area contributed by atoms with Gasteiger partial charge in [0.2, 0.25) is 5.88 Å². The summed E-state index contributed by atoms with van der Waals surface area (Å²) in [5, 5.41) is 3.32. The smallest absolute Gasteiger partial charge is 0.258 e. The standard InChI is InChI=1S/C20H23N3O2/c24-18(12-25-19-11-21-16-3-1-2-4-17(16)22-19)23-20-8-13-5-14(9-20)7-15(6-13)10-20/h1-4,11,13-15H,5-10,12H2,(H,23,24). The topological polar surface area (TPSA) is 64.1 Å². The van der Waals surface area contributed by atoms with E-state index >= 15 is 0 Å². The third-order valence-electron chi connectivity index (χ3n) is 6.22. The summed E-state index contributed by atoms with van der Waals surface area (Å²) in [5.74, 6) is 2.83. The van der Waals surface area contributed by atoms with E-state index < -0.39 is 0 Å². The summed E-state index contributed by atoms with van der Waals surface area (Å²) in [7, 11) is 0. The number of amides is 1. The molecule has 1 N–H and O–H groups in total. The zero-order chi connectivity index (χ0) is 16.9. The summed E-state index contributed by atoms with van der Waals surface area (Å²) >= 11 is 0. The summed E-state index contributed by atoms with van der Waals surface area (Å²) in [5.41, 5.74) is 1.64. The van der Waals surface area contributed by atoms with Crippen molar-refractivity contribution >= 4 is 16.9 Å². The van der Waals surface area contributed by atoms with Gasteiger partial charge in [-0.1, -0.05) is 12.1 Å². The molecule has 4 fully saturated rings. The maximum atomic E-state index is 12.5. The lowest BCUT2D eigenvalue weighted by Crippen LogP contribution is -2.60. The summed E-state index contributed by atoms with van der Waals surface area (Å²) in [6.07, 6.45) is 9.16. The van der Waals surface area contributed by atoms with Crippen molar-refractivity contribution in [3.63, 3.8) is 0 Å². The molecule has 2 aromatic rings. The molecule has 0 unspecified atom stereocenters. The largest absolute Gasteiger partial charge is 0.466 e. The lowest BCUT2D eigenvalue weighted by atomic mass is 9.53. The Labute approximate surface area is 147 Å². The molecule has 4 bridgehead atoms. The van der Waals surface area contributed by atoms with E-state index in [4.69, 9.17) is 4.74 Å². The van der Waals surface area contributed by atoms with Crippen LogP contribution in [0.15, 0.2) is 30.5 Å². The predicted octanol–water partition coefficient (Wildman–Crippen LogP) is 3.09. The van der Waals surface area contributed by atoms with Gasteiger partial charge >= 0.3 is 0 Å². The third-order valence-corrected chi connectivity index (χ3v) is 6.22. The van der Waals surface area contributed by atoms with E-state index in [1.807, 2.05) is 24.3 Å². The van der Waals surface area contributed by atoms with Gasteiger partial charge in [-0.3, -0.25) is 4.79 Å². The van der Waals surface area contributed by atoms with E-state index in [1.165, 1.54) is 19.3 Å². The van der Waals surface area contributed by atoms with Gasteiger partial charge in [0.1, 0.15) is 0 Å². The number of benzene rings is 1. The molecule has 1 aromatic heterocycles. The molecule has 4 aliphatic rings. The molecule has 1 heterocycles. The predicted molar refractivity (Wildman–Crippen MR) is 94.1 cm³/mol. The van der Waals surface area contributed by atoms with Gasteiger partial charge < -0.3 is 10.1 Å². The molecular weight excluding hydrogens is 314 g/mol. The van der Waals surface area contributed by atoms with Crippen LogP contribution in [-0.4, -0.2) is 28.0 Å². The van der Waals surface area contributed by atoms with E-state index in [2.05, 4.69) is 15.3 Å². The highest BCUT2D eigenvalue weighted by atomic mass is 16.5. The second kappa shape index (κ2) is 5.68. The van der Waals surface area contributed by atoms with Crippen LogP contribution in [0.2, 0.25) is 0 Å². The minimum Gasteiger partial charge on any atom is -0.466 e.